The third kappa shape index (κ3) is 17.8. The summed E-state index contributed by atoms with van der Waals surface area (Å²) in [5.41, 5.74) is 4.43. The molecule has 85 heavy (non-hydrogen) atoms. The number of aryl methyl sites for hydroxylation is 1. The van der Waals surface area contributed by atoms with Crippen molar-refractivity contribution in [2.45, 2.75) is 332 Å². The van der Waals surface area contributed by atoms with Crippen LogP contribution in [0.1, 0.15) is 185 Å². The molecule has 6 aliphatic rings. The summed E-state index contributed by atoms with van der Waals surface area (Å²) in [4.78, 5) is 16.1. The number of aliphatic hydroxyl groups is 1. The van der Waals surface area contributed by atoms with Gasteiger partial charge in [0.25, 0.3) is 0 Å². The topological polar surface area (TPSA) is 120 Å². The number of carbonyl (C=O) groups excluding carboxylic acids is 1. The largest absolute Gasteiger partial charge is 0.408 e. The third-order valence-corrected chi connectivity index (χ3v) is 36.0. The molecule has 6 fully saturated rings. The molecule has 0 bridgehead atoms. The summed E-state index contributed by atoms with van der Waals surface area (Å²) in [7, 11) is -7.32. The number of benzene rings is 1. The standard InChI is InChI=1S/C70H119IO11Si3/c1-44-25-27-49(28-26-44)40-54(62-48(5)59(42-53-33-35-70(15,16)79-53)77-61(62)43-60-47(4)45(2)38-51(75-60)29-31-56-46(3)39-50(74-56)24-23-37-72)55(73)41-52-30-32-57-63(76-52)65(81-84(19,20)68(9,10)11)66(82-85(21,22)69(12,13)14)64(78-57)58(34-36-71)80-83(17,18)67(6,7)8/h25-28,34,36,45,48,50-54,56-66,72H,3-4,23-24,29-33,35,37-43H2,1-2,5-22H3/b36-34+/t45-,48+,50+,51+,52-,53-,54?,56?,57+,58+,59?,60?,61+,62+,63+,64+,65+,66-/m1/s1. The van der Waals surface area contributed by atoms with Gasteiger partial charge in [-0.05, 0) is 185 Å². The van der Waals surface area contributed by atoms with Crippen LogP contribution < -0.4 is 0 Å². The second-order valence-corrected chi connectivity index (χ2v) is 47.4. The van der Waals surface area contributed by atoms with Crippen LogP contribution in [0.2, 0.25) is 54.4 Å². The number of hydrogen-bond acceptors (Lipinski definition) is 11. The number of rotatable bonds is 24. The first kappa shape index (κ1) is 71.5. The fourth-order valence-corrected chi connectivity index (χ4v) is 18.0. The quantitative estimate of drug-likeness (QED) is 0.0605. The van der Waals surface area contributed by atoms with Gasteiger partial charge in [0.15, 0.2) is 25.0 Å². The Hall–Kier alpha value is -0.909. The fourth-order valence-electron chi connectivity index (χ4n) is 13.7. The zero-order valence-corrected chi connectivity index (χ0v) is 61.9. The summed E-state index contributed by atoms with van der Waals surface area (Å²) in [6, 6.07) is 8.78. The molecule has 1 N–H and O–H groups in total. The van der Waals surface area contributed by atoms with Crippen molar-refractivity contribution in [1.29, 1.82) is 0 Å². The summed E-state index contributed by atoms with van der Waals surface area (Å²) in [5, 5.41) is 9.27. The average Bonchev–Trinajstić information content (AvgIpc) is 1.28. The molecule has 15 heteroatoms. The van der Waals surface area contributed by atoms with E-state index in [1.54, 1.807) is 0 Å². The number of Topliss-reactive ketones (excluding diaryl/α,β-unsaturated/α-hetero) is 1. The van der Waals surface area contributed by atoms with Gasteiger partial charge in [-0.1, -0.05) is 142 Å². The molecule has 4 unspecified atom stereocenters. The minimum Gasteiger partial charge on any atom is -0.408 e. The number of ether oxygens (including phenoxy) is 6. The second-order valence-electron chi connectivity index (χ2n) is 32.4. The molecule has 1 aromatic carbocycles. The van der Waals surface area contributed by atoms with Crippen LogP contribution in [0.4, 0.5) is 0 Å². The van der Waals surface area contributed by atoms with Gasteiger partial charge in [-0.25, -0.2) is 0 Å². The highest BCUT2D eigenvalue weighted by atomic mass is 127. The molecule has 7 rings (SSSR count). The molecule has 484 valence electrons. The van der Waals surface area contributed by atoms with Crippen molar-refractivity contribution in [3.63, 3.8) is 0 Å². The van der Waals surface area contributed by atoms with Crippen LogP contribution in [0.25, 0.3) is 0 Å². The minimum absolute atomic E-state index is 0.00294. The molecule has 18 atom stereocenters. The highest BCUT2D eigenvalue weighted by molar-refractivity contribution is 14.1. The van der Waals surface area contributed by atoms with Gasteiger partial charge >= 0.3 is 0 Å². The van der Waals surface area contributed by atoms with Gasteiger partial charge in [-0.15, -0.1) is 0 Å². The van der Waals surface area contributed by atoms with Crippen molar-refractivity contribution in [3.05, 3.63) is 69.9 Å². The van der Waals surface area contributed by atoms with Crippen molar-refractivity contribution < 1.29 is 51.6 Å². The SMILES string of the molecule is C=C1C[C@H](CCCO)OC1CC[C@H]1C[C@@H](C)C(=C)C(C[C@@H]2OC(C[C@H]3CCC(C)(C)O3)[C@H](C)[C@H]2C(Cc2ccc(C)cc2)C(=O)C[C@H]2CC[C@@H]3O[C@@H]([C@H](/C=C/I)O[Si](C)(C)C(C)(C)C)[C@@H](O[Si](C)(C)C(C)(C)C)[C@@H](O[Si](C)(C)C(C)(C)C)[C@H]3O2)O1. The van der Waals surface area contributed by atoms with E-state index in [0.717, 1.165) is 80.9 Å². The van der Waals surface area contributed by atoms with Gasteiger partial charge in [0.05, 0.1) is 66.6 Å². The molecule has 0 aliphatic carbocycles. The molecule has 11 nitrogen and oxygen atoms in total. The van der Waals surface area contributed by atoms with Crippen LogP contribution in [0.5, 0.6) is 0 Å². The summed E-state index contributed by atoms with van der Waals surface area (Å²) in [6.07, 6.45) is 9.78. The lowest BCUT2D eigenvalue weighted by atomic mass is 9.71. The zero-order valence-electron chi connectivity index (χ0n) is 56.8. The highest BCUT2D eigenvalue weighted by Crippen LogP contribution is 2.50. The molecule has 0 radical (unpaired) electrons. The molecule has 1 aromatic rings. The maximum absolute atomic E-state index is 16.1. The Labute approximate surface area is 533 Å². The van der Waals surface area contributed by atoms with Crippen molar-refractivity contribution in [2.24, 2.45) is 23.7 Å². The van der Waals surface area contributed by atoms with Crippen LogP contribution in [0, 0.1) is 30.6 Å². The lowest BCUT2D eigenvalue weighted by molar-refractivity contribution is -0.266. The molecule has 6 aliphatic heterocycles. The molecule has 6 saturated heterocycles. The summed E-state index contributed by atoms with van der Waals surface area (Å²) < 4.78 is 67.9. The van der Waals surface area contributed by atoms with Crippen molar-refractivity contribution in [2.75, 3.05) is 6.61 Å². The van der Waals surface area contributed by atoms with Crippen molar-refractivity contribution in [1.82, 2.24) is 0 Å². The third-order valence-electron chi connectivity index (χ3n) is 22.2. The van der Waals surface area contributed by atoms with Crippen LogP contribution in [0.15, 0.2) is 58.7 Å². The van der Waals surface area contributed by atoms with E-state index in [2.05, 4.69) is 200 Å². The Balaban J connectivity index is 1.22. The van der Waals surface area contributed by atoms with Gasteiger partial charge < -0.3 is 46.8 Å². The van der Waals surface area contributed by atoms with Crippen LogP contribution >= 0.6 is 22.6 Å². The van der Waals surface area contributed by atoms with Gasteiger partial charge in [-0.3, -0.25) is 4.79 Å². The Morgan fingerprint density at radius 3 is 1.96 bits per heavy atom. The number of aliphatic hydroxyl groups excluding tert-OH is 1. The van der Waals surface area contributed by atoms with E-state index in [9.17, 15) is 5.11 Å². The highest BCUT2D eigenvalue weighted by Gasteiger charge is 2.59. The molecule has 0 aromatic heterocycles. The van der Waals surface area contributed by atoms with E-state index in [4.69, 9.17) is 48.3 Å². The smallest absolute Gasteiger partial charge is 0.193 e. The first-order valence-corrected chi connectivity index (χ1v) is 43.1. The molecule has 0 saturated carbocycles. The second kappa shape index (κ2) is 28.5. The van der Waals surface area contributed by atoms with Gasteiger partial charge in [0.2, 0.25) is 0 Å². The first-order chi connectivity index (χ1) is 39.3. The summed E-state index contributed by atoms with van der Waals surface area (Å²) in [6.45, 7) is 55.2. The fraction of sp³-hybridized carbons (Fsp3) is 0.814. The first-order valence-electron chi connectivity index (χ1n) is 33.1. The van der Waals surface area contributed by atoms with Gasteiger partial charge in [-0.2, -0.15) is 0 Å². The maximum Gasteiger partial charge on any atom is 0.193 e. The van der Waals surface area contributed by atoms with E-state index in [1.165, 1.54) is 5.56 Å². The summed E-state index contributed by atoms with van der Waals surface area (Å²) >= 11 is 2.33. The van der Waals surface area contributed by atoms with Crippen LogP contribution in [0.3, 0.4) is 0 Å². The molecule has 6 heterocycles. The zero-order chi connectivity index (χ0) is 63.0. The Bertz CT molecular complexity index is 2410. The minimum atomic E-state index is -2.50. The van der Waals surface area contributed by atoms with E-state index >= 15 is 4.79 Å². The Kier molecular flexibility index (Phi) is 24.0. The van der Waals surface area contributed by atoms with Crippen LogP contribution in [-0.2, 0) is 52.9 Å². The number of hydrogen-bond donors (Lipinski definition) is 1. The van der Waals surface area contributed by atoms with Crippen LogP contribution in [-0.4, -0.2) is 134 Å². The summed E-state index contributed by atoms with van der Waals surface area (Å²) in [5.74, 6) is 0.112. The molecule has 0 amide bonds. The van der Waals surface area contributed by atoms with E-state index < -0.39 is 49.4 Å². The number of fused-ring (bicyclic) bond motifs is 1. The lowest BCUT2D eigenvalue weighted by Gasteiger charge is -2.56. The van der Waals surface area contributed by atoms with Gasteiger partial charge in [0.1, 0.15) is 30.2 Å². The number of ketones is 1. The van der Waals surface area contributed by atoms with Crippen molar-refractivity contribution >= 4 is 53.3 Å². The number of halogens is 1. The van der Waals surface area contributed by atoms with E-state index in [0.29, 0.717) is 19.3 Å². The van der Waals surface area contributed by atoms with Crippen molar-refractivity contribution in [3.8, 4) is 0 Å². The normalized spacial score (nSPS) is 34.3. The predicted molar refractivity (Wildman–Crippen MR) is 362 cm³/mol. The average molecular weight is 1350 g/mol. The predicted octanol–water partition coefficient (Wildman–Crippen LogP) is 16.9. The van der Waals surface area contributed by atoms with Gasteiger partial charge in [0, 0.05) is 37.7 Å². The monoisotopic (exact) mass is 1350 g/mol. The van der Waals surface area contributed by atoms with E-state index in [1.807, 2.05) is 0 Å². The lowest BCUT2D eigenvalue weighted by Crippen LogP contribution is -2.69. The molecule has 0 spiro atoms. The molecular weight excluding hydrogens is 1230 g/mol. The Morgan fingerprint density at radius 1 is 0.753 bits per heavy atom. The van der Waals surface area contributed by atoms with E-state index in [-0.39, 0.29) is 124 Å². The Morgan fingerprint density at radius 2 is 1.38 bits per heavy atom. The molecular formula is C70H119IO11Si3. The number of carbonyl (C=O) groups is 1. The maximum atomic E-state index is 16.1.